The van der Waals surface area contributed by atoms with Crippen molar-refractivity contribution in [2.45, 2.75) is 76.9 Å². The van der Waals surface area contributed by atoms with E-state index in [4.69, 9.17) is 9.47 Å². The predicted molar refractivity (Wildman–Crippen MR) is 134 cm³/mol. The van der Waals surface area contributed by atoms with Crippen molar-refractivity contribution in [2.75, 3.05) is 20.8 Å². The van der Waals surface area contributed by atoms with Crippen LogP contribution >= 0.6 is 0 Å². The Kier molecular flexibility index (Phi) is 7.56. The van der Waals surface area contributed by atoms with Crippen molar-refractivity contribution in [3.63, 3.8) is 0 Å². The second-order valence-electron chi connectivity index (χ2n) is 11.2. The SMILES string of the molecule is COc1ccc(CCN2C(=O)C(NC(=O)C3CCCCC3)(C(F)(F)F)C3=C2CC(C)(C)CC3=O)cc1OC. The largest absolute Gasteiger partial charge is 0.493 e. The van der Waals surface area contributed by atoms with Gasteiger partial charge in [0.25, 0.3) is 5.91 Å². The van der Waals surface area contributed by atoms with Crippen molar-refractivity contribution in [1.29, 1.82) is 0 Å². The van der Waals surface area contributed by atoms with Crippen molar-refractivity contribution < 1.29 is 37.0 Å². The standard InChI is InChI=1S/C28H35F3N2O5/c1-26(2)15-19-23(20(34)16-26)27(28(29,30)31,32-24(35)18-8-6-5-7-9-18)25(36)33(19)13-12-17-10-11-21(37-3)22(14-17)38-4/h10-11,14,18H,5-9,12-13,15-16H2,1-4H3,(H,32,35). The van der Waals surface area contributed by atoms with Crippen molar-refractivity contribution in [1.82, 2.24) is 10.2 Å². The zero-order chi connectivity index (χ0) is 27.9. The lowest BCUT2D eigenvalue weighted by Gasteiger charge is -2.36. The minimum Gasteiger partial charge on any atom is -0.493 e. The van der Waals surface area contributed by atoms with E-state index in [1.54, 1.807) is 32.0 Å². The number of ether oxygens (including phenoxy) is 2. The van der Waals surface area contributed by atoms with Crippen molar-refractivity contribution in [3.05, 3.63) is 35.0 Å². The molecule has 10 heteroatoms. The van der Waals surface area contributed by atoms with E-state index in [1.807, 2.05) is 0 Å². The number of nitrogens with one attached hydrogen (secondary N) is 1. The Morgan fingerprint density at radius 1 is 1.05 bits per heavy atom. The zero-order valence-electron chi connectivity index (χ0n) is 22.3. The average Bonchev–Trinajstić information content (AvgIpc) is 3.09. The van der Waals surface area contributed by atoms with Gasteiger partial charge in [-0.2, -0.15) is 13.2 Å². The third-order valence-corrected chi connectivity index (χ3v) is 7.90. The number of carbonyl (C=O) groups is 3. The maximum Gasteiger partial charge on any atom is 0.425 e. The Labute approximate surface area is 220 Å². The van der Waals surface area contributed by atoms with Gasteiger partial charge < -0.3 is 19.7 Å². The highest BCUT2D eigenvalue weighted by molar-refractivity contribution is 6.13. The van der Waals surface area contributed by atoms with Gasteiger partial charge in [0.2, 0.25) is 11.4 Å². The van der Waals surface area contributed by atoms with E-state index in [-0.39, 0.29) is 31.5 Å². The molecule has 4 rings (SSSR count). The Morgan fingerprint density at radius 3 is 2.32 bits per heavy atom. The number of hydrogen-bond acceptors (Lipinski definition) is 5. The molecule has 2 amide bonds. The van der Waals surface area contributed by atoms with Gasteiger partial charge in [-0.15, -0.1) is 0 Å². The monoisotopic (exact) mass is 536 g/mol. The van der Waals surface area contributed by atoms with Gasteiger partial charge in [0.15, 0.2) is 17.3 Å². The summed E-state index contributed by atoms with van der Waals surface area (Å²) < 4.78 is 55.5. The molecule has 0 spiro atoms. The van der Waals surface area contributed by atoms with Crippen LogP contribution in [0.4, 0.5) is 13.2 Å². The molecule has 0 aromatic heterocycles. The molecule has 1 heterocycles. The number of rotatable bonds is 7. The number of allylic oxidation sites excluding steroid dienone is 1. The Morgan fingerprint density at radius 2 is 1.71 bits per heavy atom. The molecule has 0 bridgehead atoms. The third kappa shape index (κ3) is 4.89. The van der Waals surface area contributed by atoms with E-state index in [0.717, 1.165) is 29.7 Å². The molecule has 1 fully saturated rings. The fraction of sp³-hybridized carbons (Fsp3) is 0.607. The molecule has 3 aliphatic rings. The number of hydrogen-bond donors (Lipinski definition) is 1. The highest BCUT2D eigenvalue weighted by atomic mass is 19.4. The van der Waals surface area contributed by atoms with Crippen LogP contribution in [0.1, 0.15) is 64.4 Å². The Bertz CT molecular complexity index is 1150. The molecule has 0 radical (unpaired) electrons. The fourth-order valence-electron chi connectivity index (χ4n) is 5.99. The van der Waals surface area contributed by atoms with Gasteiger partial charge >= 0.3 is 6.18 Å². The second-order valence-corrected chi connectivity index (χ2v) is 11.2. The van der Waals surface area contributed by atoms with Crippen molar-refractivity contribution in [2.24, 2.45) is 11.3 Å². The van der Waals surface area contributed by atoms with Gasteiger partial charge in [-0.25, -0.2) is 0 Å². The molecule has 7 nitrogen and oxygen atoms in total. The molecule has 1 N–H and O–H groups in total. The summed E-state index contributed by atoms with van der Waals surface area (Å²) in [6, 6.07) is 5.13. The van der Waals surface area contributed by atoms with Crippen LogP contribution in [0.3, 0.4) is 0 Å². The van der Waals surface area contributed by atoms with Gasteiger partial charge in [0.05, 0.1) is 19.8 Å². The summed E-state index contributed by atoms with van der Waals surface area (Å²) in [4.78, 5) is 41.3. The summed E-state index contributed by atoms with van der Waals surface area (Å²) in [5.41, 5.74) is -3.85. The smallest absolute Gasteiger partial charge is 0.425 e. The second kappa shape index (κ2) is 10.3. The number of Topliss-reactive ketones (excluding diaryl/α,β-unsaturated/α-hetero) is 1. The van der Waals surface area contributed by atoms with Gasteiger partial charge in [-0.1, -0.05) is 39.2 Å². The predicted octanol–water partition coefficient (Wildman–Crippen LogP) is 4.73. The maximum atomic E-state index is 15.0. The van der Waals surface area contributed by atoms with E-state index >= 15 is 0 Å². The third-order valence-electron chi connectivity index (χ3n) is 7.90. The van der Waals surface area contributed by atoms with Crippen LogP contribution in [0.25, 0.3) is 0 Å². The number of methoxy groups -OCH3 is 2. The van der Waals surface area contributed by atoms with Gasteiger partial charge in [0, 0.05) is 24.6 Å². The van der Waals surface area contributed by atoms with Gasteiger partial charge in [0.1, 0.15) is 0 Å². The summed E-state index contributed by atoms with van der Waals surface area (Å²) in [5, 5.41) is 2.10. The molecule has 2 aliphatic carbocycles. The molecule has 1 aromatic rings. The number of alkyl halides is 3. The average molecular weight is 537 g/mol. The van der Waals surface area contributed by atoms with Crippen LogP contribution in [0.2, 0.25) is 0 Å². The van der Waals surface area contributed by atoms with Crippen LogP contribution in [0, 0.1) is 11.3 Å². The number of ketones is 1. The quantitative estimate of drug-likeness (QED) is 0.545. The van der Waals surface area contributed by atoms with Crippen LogP contribution in [0.5, 0.6) is 11.5 Å². The highest BCUT2D eigenvalue weighted by Crippen LogP contribution is 2.52. The molecule has 208 valence electrons. The number of benzene rings is 1. The zero-order valence-corrected chi connectivity index (χ0v) is 22.3. The minimum absolute atomic E-state index is 0.0537. The van der Waals surface area contributed by atoms with E-state index < -0.39 is 46.2 Å². The molecule has 1 aliphatic heterocycles. The normalized spacial score (nSPS) is 23.9. The van der Waals surface area contributed by atoms with Crippen LogP contribution in [-0.4, -0.2) is 55.0 Å². The summed E-state index contributed by atoms with van der Waals surface area (Å²) in [6.07, 6.45) is -1.68. The molecule has 0 saturated heterocycles. The van der Waals surface area contributed by atoms with E-state index in [0.29, 0.717) is 24.3 Å². The first-order valence-corrected chi connectivity index (χ1v) is 13.0. The topological polar surface area (TPSA) is 84.9 Å². The lowest BCUT2D eigenvalue weighted by atomic mass is 9.72. The lowest BCUT2D eigenvalue weighted by Crippen LogP contribution is -2.67. The summed E-state index contributed by atoms with van der Waals surface area (Å²) in [5.74, 6) is -2.54. The maximum absolute atomic E-state index is 15.0. The van der Waals surface area contributed by atoms with E-state index in [9.17, 15) is 27.6 Å². The summed E-state index contributed by atoms with van der Waals surface area (Å²) in [6.45, 7) is 3.49. The fourth-order valence-corrected chi connectivity index (χ4v) is 5.99. The lowest BCUT2D eigenvalue weighted by molar-refractivity contribution is -0.195. The number of amides is 2. The van der Waals surface area contributed by atoms with Crippen molar-refractivity contribution in [3.8, 4) is 11.5 Å². The highest BCUT2D eigenvalue weighted by Gasteiger charge is 2.71. The molecular formula is C28H35F3N2O5. The summed E-state index contributed by atoms with van der Waals surface area (Å²) >= 11 is 0. The Balaban J connectivity index is 1.73. The molecule has 1 saturated carbocycles. The first-order chi connectivity index (χ1) is 17.8. The first kappa shape index (κ1) is 28.0. The van der Waals surface area contributed by atoms with Crippen LogP contribution < -0.4 is 14.8 Å². The minimum atomic E-state index is -5.19. The molecule has 1 atom stereocenters. The number of nitrogens with zero attached hydrogens (tertiary/aromatic N) is 1. The number of carbonyl (C=O) groups excluding carboxylic acids is 3. The van der Waals surface area contributed by atoms with E-state index in [2.05, 4.69) is 5.32 Å². The van der Waals surface area contributed by atoms with Crippen LogP contribution in [-0.2, 0) is 20.8 Å². The molecule has 38 heavy (non-hydrogen) atoms. The van der Waals surface area contributed by atoms with Crippen molar-refractivity contribution >= 4 is 17.6 Å². The number of halogens is 3. The molecular weight excluding hydrogens is 501 g/mol. The molecule has 1 aromatic carbocycles. The Hall–Kier alpha value is -3.04. The van der Waals surface area contributed by atoms with Crippen LogP contribution in [0.15, 0.2) is 29.5 Å². The van der Waals surface area contributed by atoms with E-state index in [1.165, 1.54) is 14.2 Å². The van der Waals surface area contributed by atoms with Gasteiger partial charge in [-0.3, -0.25) is 14.4 Å². The summed E-state index contributed by atoms with van der Waals surface area (Å²) in [7, 11) is 2.97. The van der Waals surface area contributed by atoms with Gasteiger partial charge in [-0.05, 0) is 48.8 Å². The first-order valence-electron chi connectivity index (χ1n) is 13.0. The molecule has 1 unspecified atom stereocenters.